The number of hydrogen-bond acceptors (Lipinski definition) is 3. The molecule has 0 aliphatic carbocycles. The zero-order valence-electron chi connectivity index (χ0n) is 13.2. The molecular weight excluding hydrogens is 238 g/mol. The Hall–Kier alpha value is -0.610. The van der Waals surface area contributed by atoms with Crippen LogP contribution in [-0.2, 0) is 4.79 Å². The number of nitrogens with one attached hydrogen (secondary N) is 2. The lowest BCUT2D eigenvalue weighted by atomic mass is 9.97. The zero-order chi connectivity index (χ0) is 14.4. The van der Waals surface area contributed by atoms with Gasteiger partial charge in [-0.15, -0.1) is 0 Å². The fourth-order valence-corrected chi connectivity index (χ4v) is 2.75. The van der Waals surface area contributed by atoms with Crippen molar-refractivity contribution in [2.75, 3.05) is 19.6 Å². The molecule has 0 spiro atoms. The Labute approximate surface area is 118 Å². The maximum absolute atomic E-state index is 12.2. The number of carbonyl (C=O) groups excluding carboxylic acids is 1. The maximum Gasteiger partial charge on any atom is 0.237 e. The second-order valence-electron chi connectivity index (χ2n) is 6.34. The summed E-state index contributed by atoms with van der Waals surface area (Å²) < 4.78 is 0. The average Bonchev–Trinajstić information content (AvgIpc) is 2.35. The molecule has 1 aliphatic heterocycles. The molecule has 2 unspecified atom stereocenters. The van der Waals surface area contributed by atoms with Crippen LogP contribution in [0.4, 0.5) is 0 Å². The van der Waals surface area contributed by atoms with Crippen molar-refractivity contribution in [3.8, 4) is 0 Å². The first-order valence-electron chi connectivity index (χ1n) is 7.68. The van der Waals surface area contributed by atoms with Gasteiger partial charge in [0.1, 0.15) is 0 Å². The van der Waals surface area contributed by atoms with Crippen molar-refractivity contribution in [2.45, 2.75) is 65.6 Å². The largest absolute Gasteiger partial charge is 0.353 e. The van der Waals surface area contributed by atoms with Gasteiger partial charge in [-0.3, -0.25) is 9.69 Å². The molecule has 1 rings (SSSR count). The van der Waals surface area contributed by atoms with E-state index in [-0.39, 0.29) is 18.0 Å². The molecular formula is C15H31N3O. The molecule has 1 heterocycles. The highest BCUT2D eigenvalue weighted by Crippen LogP contribution is 2.16. The van der Waals surface area contributed by atoms with Gasteiger partial charge in [0.2, 0.25) is 5.91 Å². The van der Waals surface area contributed by atoms with Crippen LogP contribution < -0.4 is 10.6 Å². The van der Waals surface area contributed by atoms with Gasteiger partial charge in [-0.1, -0.05) is 0 Å². The Bertz CT molecular complexity index is 273. The highest BCUT2D eigenvalue weighted by molar-refractivity contribution is 5.81. The summed E-state index contributed by atoms with van der Waals surface area (Å²) >= 11 is 0. The summed E-state index contributed by atoms with van der Waals surface area (Å²) in [6, 6.07) is 0.555. The summed E-state index contributed by atoms with van der Waals surface area (Å²) in [5.74, 6) is 0.818. The van der Waals surface area contributed by atoms with Crippen molar-refractivity contribution in [1.29, 1.82) is 0 Å². The summed E-state index contributed by atoms with van der Waals surface area (Å²) in [6.45, 7) is 13.6. The standard InChI is InChI=1S/C15H31N3O/c1-11(2)17-15(19)13(5)18(12(3)4)10-14-7-6-8-16-9-14/h11-14,16H,6-10H2,1-5H3,(H,17,19). The predicted molar refractivity (Wildman–Crippen MR) is 80.2 cm³/mol. The van der Waals surface area contributed by atoms with E-state index < -0.39 is 0 Å². The highest BCUT2D eigenvalue weighted by atomic mass is 16.2. The van der Waals surface area contributed by atoms with Gasteiger partial charge in [0.05, 0.1) is 6.04 Å². The Kier molecular flexibility index (Phi) is 6.80. The number of hydrogen-bond donors (Lipinski definition) is 2. The molecule has 2 atom stereocenters. The third-order valence-corrected chi connectivity index (χ3v) is 3.84. The average molecular weight is 269 g/mol. The molecule has 0 aromatic rings. The molecule has 0 aromatic carbocycles. The molecule has 1 saturated heterocycles. The smallest absolute Gasteiger partial charge is 0.237 e. The summed E-state index contributed by atoms with van der Waals surface area (Å²) in [6.07, 6.45) is 2.53. The van der Waals surface area contributed by atoms with Gasteiger partial charge in [-0.25, -0.2) is 0 Å². The van der Waals surface area contributed by atoms with Crippen LogP contribution in [0.25, 0.3) is 0 Å². The first-order chi connectivity index (χ1) is 8.91. The van der Waals surface area contributed by atoms with Gasteiger partial charge in [0.15, 0.2) is 0 Å². The minimum Gasteiger partial charge on any atom is -0.353 e. The van der Waals surface area contributed by atoms with E-state index in [4.69, 9.17) is 0 Å². The quantitative estimate of drug-likeness (QED) is 0.770. The summed E-state index contributed by atoms with van der Waals surface area (Å²) in [7, 11) is 0. The van der Waals surface area contributed by atoms with Crippen molar-refractivity contribution in [3.05, 3.63) is 0 Å². The Morgan fingerprint density at radius 2 is 2.00 bits per heavy atom. The van der Waals surface area contributed by atoms with Crippen LogP contribution in [0.2, 0.25) is 0 Å². The SMILES string of the molecule is CC(C)NC(=O)C(C)N(CC1CCCNC1)C(C)C. The highest BCUT2D eigenvalue weighted by Gasteiger charge is 2.27. The molecule has 0 radical (unpaired) electrons. The normalized spacial score (nSPS) is 22.0. The van der Waals surface area contributed by atoms with E-state index in [0.717, 1.165) is 19.6 Å². The molecule has 1 aliphatic rings. The van der Waals surface area contributed by atoms with Gasteiger partial charge in [0, 0.05) is 18.6 Å². The molecule has 0 aromatic heterocycles. The first kappa shape index (κ1) is 16.4. The fourth-order valence-electron chi connectivity index (χ4n) is 2.75. The van der Waals surface area contributed by atoms with E-state index >= 15 is 0 Å². The second kappa shape index (κ2) is 7.85. The Balaban J connectivity index is 2.57. The predicted octanol–water partition coefficient (Wildman–Crippen LogP) is 1.61. The van der Waals surface area contributed by atoms with E-state index in [1.165, 1.54) is 12.8 Å². The zero-order valence-corrected chi connectivity index (χ0v) is 13.2. The lowest BCUT2D eigenvalue weighted by Crippen LogP contribution is -2.52. The van der Waals surface area contributed by atoms with Gasteiger partial charge in [-0.2, -0.15) is 0 Å². The topological polar surface area (TPSA) is 44.4 Å². The van der Waals surface area contributed by atoms with Crippen LogP contribution >= 0.6 is 0 Å². The molecule has 1 fully saturated rings. The summed E-state index contributed by atoms with van der Waals surface area (Å²) in [4.78, 5) is 14.5. The number of piperidine rings is 1. The number of rotatable bonds is 6. The molecule has 1 amide bonds. The van der Waals surface area contributed by atoms with Crippen LogP contribution in [0.15, 0.2) is 0 Å². The molecule has 19 heavy (non-hydrogen) atoms. The minimum atomic E-state index is -0.0515. The monoisotopic (exact) mass is 269 g/mol. The third kappa shape index (κ3) is 5.49. The van der Waals surface area contributed by atoms with Crippen molar-refractivity contribution in [1.82, 2.24) is 15.5 Å². The Morgan fingerprint density at radius 1 is 1.32 bits per heavy atom. The maximum atomic E-state index is 12.2. The third-order valence-electron chi connectivity index (χ3n) is 3.84. The molecule has 4 nitrogen and oxygen atoms in total. The lowest BCUT2D eigenvalue weighted by Gasteiger charge is -2.36. The molecule has 2 N–H and O–H groups in total. The lowest BCUT2D eigenvalue weighted by molar-refractivity contribution is -0.127. The molecule has 0 saturated carbocycles. The number of nitrogens with zero attached hydrogens (tertiary/aromatic N) is 1. The van der Waals surface area contributed by atoms with E-state index in [9.17, 15) is 4.79 Å². The van der Waals surface area contributed by atoms with E-state index in [0.29, 0.717) is 12.0 Å². The van der Waals surface area contributed by atoms with Gasteiger partial charge < -0.3 is 10.6 Å². The number of amides is 1. The van der Waals surface area contributed by atoms with Crippen molar-refractivity contribution >= 4 is 5.91 Å². The Morgan fingerprint density at radius 3 is 2.47 bits per heavy atom. The van der Waals surface area contributed by atoms with Crippen LogP contribution in [-0.4, -0.2) is 48.6 Å². The first-order valence-corrected chi connectivity index (χ1v) is 7.68. The van der Waals surface area contributed by atoms with Crippen LogP contribution in [0.3, 0.4) is 0 Å². The summed E-state index contributed by atoms with van der Waals surface area (Å²) in [5.41, 5.74) is 0. The minimum absolute atomic E-state index is 0.0515. The van der Waals surface area contributed by atoms with E-state index in [2.05, 4.69) is 29.4 Å². The van der Waals surface area contributed by atoms with Crippen molar-refractivity contribution in [3.63, 3.8) is 0 Å². The number of carbonyl (C=O) groups is 1. The molecule has 4 heteroatoms. The second-order valence-corrected chi connectivity index (χ2v) is 6.34. The van der Waals surface area contributed by atoms with Crippen LogP contribution in [0, 0.1) is 5.92 Å². The summed E-state index contributed by atoms with van der Waals surface area (Å²) in [5, 5.41) is 6.47. The van der Waals surface area contributed by atoms with Gasteiger partial charge in [-0.05, 0) is 66.5 Å². The van der Waals surface area contributed by atoms with Gasteiger partial charge in [0.25, 0.3) is 0 Å². The van der Waals surface area contributed by atoms with Crippen molar-refractivity contribution in [2.24, 2.45) is 5.92 Å². The van der Waals surface area contributed by atoms with Crippen LogP contribution in [0.1, 0.15) is 47.5 Å². The molecule has 112 valence electrons. The van der Waals surface area contributed by atoms with E-state index in [1.54, 1.807) is 0 Å². The van der Waals surface area contributed by atoms with E-state index in [1.807, 2.05) is 20.8 Å². The molecule has 0 bridgehead atoms. The fraction of sp³-hybridized carbons (Fsp3) is 0.933. The van der Waals surface area contributed by atoms with Gasteiger partial charge >= 0.3 is 0 Å². The van der Waals surface area contributed by atoms with Crippen LogP contribution in [0.5, 0.6) is 0 Å². The van der Waals surface area contributed by atoms with Crippen molar-refractivity contribution < 1.29 is 4.79 Å².